The topological polar surface area (TPSA) is 53.6 Å². The second-order valence-electron chi connectivity index (χ2n) is 4.90. The normalized spacial score (nSPS) is 14.1. The van der Waals surface area contributed by atoms with Gasteiger partial charge in [-0.2, -0.15) is 10.4 Å². The fraction of sp³-hybridized carbons (Fsp3) is 0.714. The number of nitrogens with zero attached hydrogens (tertiary/aromatic N) is 3. The van der Waals surface area contributed by atoms with Crippen LogP contribution in [0.3, 0.4) is 0 Å². The molecule has 1 unspecified atom stereocenters. The van der Waals surface area contributed by atoms with Gasteiger partial charge in [0.2, 0.25) is 0 Å². The van der Waals surface area contributed by atoms with Crippen molar-refractivity contribution in [3.05, 3.63) is 16.9 Å². The highest BCUT2D eigenvalue weighted by molar-refractivity contribution is 6.31. The van der Waals surface area contributed by atoms with Crippen LogP contribution in [0.4, 0.5) is 0 Å². The van der Waals surface area contributed by atoms with Crippen molar-refractivity contribution < 1.29 is 0 Å². The zero-order valence-corrected chi connectivity index (χ0v) is 12.8. The minimum absolute atomic E-state index is 0.401. The third-order valence-corrected chi connectivity index (χ3v) is 3.78. The molecule has 1 heterocycles. The second kappa shape index (κ2) is 7.52. The van der Waals surface area contributed by atoms with Crippen molar-refractivity contribution in [2.75, 3.05) is 6.54 Å². The number of aromatic nitrogens is 2. The number of aryl methyl sites for hydroxylation is 2. The highest BCUT2D eigenvalue weighted by Crippen LogP contribution is 2.18. The molecule has 0 aliphatic carbocycles. The molecular weight excluding hydrogens is 260 g/mol. The van der Waals surface area contributed by atoms with Gasteiger partial charge in [-0.25, -0.2) is 0 Å². The molecule has 5 heteroatoms. The van der Waals surface area contributed by atoms with Gasteiger partial charge in [-0.05, 0) is 39.2 Å². The first-order chi connectivity index (χ1) is 9.06. The van der Waals surface area contributed by atoms with E-state index in [1.54, 1.807) is 0 Å². The van der Waals surface area contributed by atoms with Crippen molar-refractivity contribution in [2.24, 2.45) is 0 Å². The molecule has 1 rings (SSSR count). The minimum Gasteiger partial charge on any atom is -0.299 e. The Morgan fingerprint density at radius 3 is 2.74 bits per heavy atom. The van der Waals surface area contributed by atoms with Gasteiger partial charge in [0, 0.05) is 12.7 Å². The highest BCUT2D eigenvalue weighted by atomic mass is 35.5. The van der Waals surface area contributed by atoms with Crippen LogP contribution in [0.1, 0.15) is 45.2 Å². The number of hydrogen-bond acceptors (Lipinski definition) is 3. The zero-order valence-electron chi connectivity index (χ0n) is 12.0. The van der Waals surface area contributed by atoms with E-state index in [-0.39, 0.29) is 0 Å². The largest absolute Gasteiger partial charge is 0.299 e. The van der Waals surface area contributed by atoms with Gasteiger partial charge >= 0.3 is 0 Å². The van der Waals surface area contributed by atoms with Crippen LogP contribution in [-0.2, 0) is 6.54 Å². The summed E-state index contributed by atoms with van der Waals surface area (Å²) in [7, 11) is 0. The van der Waals surface area contributed by atoms with Crippen LogP contribution < -0.4 is 5.32 Å². The molecule has 0 aromatic carbocycles. The van der Waals surface area contributed by atoms with Crippen LogP contribution in [0.25, 0.3) is 0 Å². The summed E-state index contributed by atoms with van der Waals surface area (Å²) in [5, 5.41) is 17.8. The minimum atomic E-state index is -0.401. The Hall–Kier alpha value is -1.05. The summed E-state index contributed by atoms with van der Waals surface area (Å²) >= 11 is 5.97. The summed E-state index contributed by atoms with van der Waals surface area (Å²) in [6.45, 7) is 7.74. The van der Waals surface area contributed by atoms with Crippen LogP contribution in [0, 0.1) is 18.3 Å². The van der Waals surface area contributed by atoms with E-state index in [2.05, 4.69) is 30.3 Å². The first-order valence-electron chi connectivity index (χ1n) is 6.92. The molecule has 19 heavy (non-hydrogen) atoms. The van der Waals surface area contributed by atoms with Gasteiger partial charge in [0.15, 0.2) is 0 Å². The summed E-state index contributed by atoms with van der Waals surface area (Å²) < 4.78 is 1.86. The fourth-order valence-corrected chi connectivity index (χ4v) is 2.23. The van der Waals surface area contributed by atoms with Crippen LogP contribution in [0.2, 0.25) is 5.02 Å². The van der Waals surface area contributed by atoms with E-state index in [9.17, 15) is 5.26 Å². The Kier molecular flexibility index (Phi) is 6.33. The van der Waals surface area contributed by atoms with Gasteiger partial charge in [-0.1, -0.05) is 25.4 Å². The average molecular weight is 283 g/mol. The molecule has 4 nitrogen and oxygen atoms in total. The van der Waals surface area contributed by atoms with E-state index < -0.39 is 5.54 Å². The van der Waals surface area contributed by atoms with E-state index in [4.69, 9.17) is 11.6 Å². The predicted octanol–water partition coefficient (Wildman–Crippen LogP) is 3.30. The molecule has 0 fully saturated rings. The summed E-state index contributed by atoms with van der Waals surface area (Å²) in [6, 6.07) is 2.44. The Morgan fingerprint density at radius 2 is 2.26 bits per heavy atom. The predicted molar refractivity (Wildman–Crippen MR) is 78.1 cm³/mol. The molecule has 0 bridgehead atoms. The van der Waals surface area contributed by atoms with Gasteiger partial charge in [0.25, 0.3) is 0 Å². The average Bonchev–Trinajstić information content (AvgIpc) is 2.73. The molecule has 106 valence electrons. The van der Waals surface area contributed by atoms with Crippen LogP contribution in [0.15, 0.2) is 6.20 Å². The molecule has 0 aliphatic heterocycles. The number of halogens is 1. The van der Waals surface area contributed by atoms with Crippen LogP contribution >= 0.6 is 11.6 Å². The molecule has 0 saturated heterocycles. The van der Waals surface area contributed by atoms with Gasteiger partial charge in [-0.15, -0.1) is 0 Å². The number of nitriles is 1. The molecule has 0 aliphatic rings. The van der Waals surface area contributed by atoms with Gasteiger partial charge in [0.05, 0.1) is 16.8 Å². The van der Waals surface area contributed by atoms with Gasteiger partial charge in [0.1, 0.15) is 5.54 Å². The number of hydrogen-bond donors (Lipinski definition) is 1. The Labute approximate surface area is 120 Å². The van der Waals surface area contributed by atoms with Crippen molar-refractivity contribution in [3.63, 3.8) is 0 Å². The number of nitrogens with one attached hydrogen (secondary N) is 1. The van der Waals surface area contributed by atoms with Crippen molar-refractivity contribution in [1.29, 1.82) is 5.26 Å². The lowest BCUT2D eigenvalue weighted by Crippen LogP contribution is -2.43. The van der Waals surface area contributed by atoms with E-state index >= 15 is 0 Å². The third-order valence-electron chi connectivity index (χ3n) is 3.41. The molecule has 0 amide bonds. The standard InChI is InChI=1S/C14H23ClN4/c1-4-8-17-14(5-2,11-16)7-6-9-19-10-13(15)12(3)18-19/h10,17H,4-9H2,1-3H3. The summed E-state index contributed by atoms with van der Waals surface area (Å²) in [5.41, 5.74) is 0.454. The maximum atomic E-state index is 9.39. The Bertz CT molecular complexity index is 416. The van der Waals surface area contributed by atoms with Gasteiger partial charge in [-0.3, -0.25) is 10.00 Å². The van der Waals surface area contributed by atoms with E-state index in [0.29, 0.717) is 5.02 Å². The Morgan fingerprint density at radius 1 is 1.53 bits per heavy atom. The second-order valence-corrected chi connectivity index (χ2v) is 5.31. The van der Waals surface area contributed by atoms with Gasteiger partial charge < -0.3 is 0 Å². The summed E-state index contributed by atoms with van der Waals surface area (Å²) in [6.07, 6.45) is 5.45. The van der Waals surface area contributed by atoms with Crippen LogP contribution in [0.5, 0.6) is 0 Å². The summed E-state index contributed by atoms with van der Waals surface area (Å²) in [4.78, 5) is 0. The van der Waals surface area contributed by atoms with E-state index in [0.717, 1.165) is 44.5 Å². The van der Waals surface area contributed by atoms with Crippen molar-refractivity contribution in [2.45, 2.75) is 58.5 Å². The first-order valence-corrected chi connectivity index (χ1v) is 7.30. The molecule has 1 aromatic rings. The Balaban J connectivity index is 2.50. The SMILES string of the molecule is CCCNC(C#N)(CC)CCCn1cc(Cl)c(C)n1. The quantitative estimate of drug-likeness (QED) is 0.796. The molecule has 0 radical (unpaired) electrons. The maximum absolute atomic E-state index is 9.39. The molecule has 0 spiro atoms. The molecular formula is C14H23ClN4. The van der Waals surface area contributed by atoms with Crippen LogP contribution in [-0.4, -0.2) is 21.9 Å². The van der Waals surface area contributed by atoms with E-state index in [1.165, 1.54) is 0 Å². The molecule has 1 aromatic heterocycles. The monoisotopic (exact) mass is 282 g/mol. The van der Waals surface area contributed by atoms with E-state index in [1.807, 2.05) is 17.8 Å². The van der Waals surface area contributed by atoms with Crippen molar-refractivity contribution >= 4 is 11.6 Å². The summed E-state index contributed by atoms with van der Waals surface area (Å²) in [5.74, 6) is 0. The highest BCUT2D eigenvalue weighted by Gasteiger charge is 2.26. The lowest BCUT2D eigenvalue weighted by molar-refractivity contribution is 0.352. The lowest BCUT2D eigenvalue weighted by atomic mass is 9.92. The smallest absolute Gasteiger partial charge is 0.106 e. The van der Waals surface area contributed by atoms with Crippen molar-refractivity contribution in [3.8, 4) is 6.07 Å². The first kappa shape index (κ1) is 16.0. The molecule has 1 N–H and O–H groups in total. The van der Waals surface area contributed by atoms with Crippen molar-refractivity contribution in [1.82, 2.24) is 15.1 Å². The molecule has 0 saturated carbocycles. The zero-order chi connectivity index (χ0) is 14.3. The third kappa shape index (κ3) is 4.52. The number of rotatable bonds is 8. The maximum Gasteiger partial charge on any atom is 0.106 e. The lowest BCUT2D eigenvalue weighted by Gasteiger charge is -2.26. The fourth-order valence-electron chi connectivity index (χ4n) is 2.08. The molecule has 1 atom stereocenters.